The molecule has 0 saturated carbocycles. The molecule has 2 N–H and O–H groups in total. The van der Waals surface area contributed by atoms with Crippen molar-refractivity contribution in [3.63, 3.8) is 0 Å². The summed E-state index contributed by atoms with van der Waals surface area (Å²) in [6.45, 7) is 0. The summed E-state index contributed by atoms with van der Waals surface area (Å²) in [6, 6.07) is 12.1. The van der Waals surface area contributed by atoms with Crippen molar-refractivity contribution in [3.8, 4) is 17.2 Å². The zero-order valence-electron chi connectivity index (χ0n) is 15.3. The molecule has 0 aliphatic rings. The Labute approximate surface area is 157 Å². The Morgan fingerprint density at radius 1 is 0.963 bits per heavy atom. The zero-order chi connectivity index (χ0) is 19.6. The number of carbonyl (C=O) groups excluding carboxylic acids is 2. The zero-order valence-corrected chi connectivity index (χ0v) is 15.3. The number of carbonyl (C=O) groups is 2. The monoisotopic (exact) mass is 371 g/mol. The largest absolute Gasteiger partial charge is 0.497 e. The van der Waals surface area contributed by atoms with Gasteiger partial charge in [0.15, 0.2) is 11.5 Å². The van der Waals surface area contributed by atoms with Gasteiger partial charge in [0.1, 0.15) is 12.2 Å². The molecule has 2 amide bonds. The maximum atomic E-state index is 11.9. The van der Waals surface area contributed by atoms with Crippen LogP contribution >= 0.6 is 0 Å². The molecule has 0 radical (unpaired) electrons. The van der Waals surface area contributed by atoms with Gasteiger partial charge in [0.2, 0.25) is 11.8 Å². The van der Waals surface area contributed by atoms with E-state index in [0.717, 1.165) is 0 Å². The van der Waals surface area contributed by atoms with Crippen molar-refractivity contribution in [1.82, 2.24) is 5.43 Å². The van der Waals surface area contributed by atoms with Crippen LogP contribution in [0, 0.1) is 0 Å². The molecule has 0 unspecified atom stereocenters. The fourth-order valence-corrected chi connectivity index (χ4v) is 2.25. The number of methoxy groups -OCH3 is 3. The van der Waals surface area contributed by atoms with Crippen molar-refractivity contribution < 1.29 is 23.8 Å². The summed E-state index contributed by atoms with van der Waals surface area (Å²) >= 11 is 0. The van der Waals surface area contributed by atoms with E-state index in [1.165, 1.54) is 20.4 Å². The Morgan fingerprint density at radius 2 is 1.70 bits per heavy atom. The van der Waals surface area contributed by atoms with Gasteiger partial charge >= 0.3 is 0 Å². The third kappa shape index (κ3) is 5.74. The van der Waals surface area contributed by atoms with Crippen molar-refractivity contribution in [3.05, 3.63) is 48.0 Å². The molecule has 27 heavy (non-hydrogen) atoms. The number of benzene rings is 2. The Morgan fingerprint density at radius 3 is 2.33 bits per heavy atom. The molecule has 2 rings (SSSR count). The van der Waals surface area contributed by atoms with Gasteiger partial charge in [-0.3, -0.25) is 9.59 Å². The SMILES string of the molecule is COc1ccc(NC(=O)CC(=O)NN=Cc2cccc(OC)c2OC)cc1. The molecule has 0 atom stereocenters. The van der Waals surface area contributed by atoms with Crippen molar-refractivity contribution in [2.75, 3.05) is 26.6 Å². The second-order valence-electron chi connectivity index (χ2n) is 5.33. The van der Waals surface area contributed by atoms with E-state index in [4.69, 9.17) is 14.2 Å². The lowest BCUT2D eigenvalue weighted by molar-refractivity contribution is -0.126. The number of hydrazone groups is 1. The van der Waals surface area contributed by atoms with E-state index in [1.54, 1.807) is 49.6 Å². The Kier molecular flexibility index (Phi) is 7.18. The van der Waals surface area contributed by atoms with E-state index < -0.39 is 11.8 Å². The smallest absolute Gasteiger partial charge is 0.249 e. The maximum absolute atomic E-state index is 11.9. The van der Waals surface area contributed by atoms with Crippen LogP contribution in [0.3, 0.4) is 0 Å². The summed E-state index contributed by atoms with van der Waals surface area (Å²) in [6.07, 6.45) is 1.05. The van der Waals surface area contributed by atoms with Crippen LogP contribution in [0.2, 0.25) is 0 Å². The normalized spacial score (nSPS) is 10.3. The first-order valence-electron chi connectivity index (χ1n) is 8.04. The quantitative estimate of drug-likeness (QED) is 0.421. The van der Waals surface area contributed by atoms with Gasteiger partial charge in [-0.2, -0.15) is 5.10 Å². The minimum atomic E-state index is -0.542. The second kappa shape index (κ2) is 9.81. The minimum absolute atomic E-state index is 0.362. The Bertz CT molecular complexity index is 819. The summed E-state index contributed by atoms with van der Waals surface area (Å²) in [5.41, 5.74) is 3.50. The van der Waals surface area contributed by atoms with Gasteiger partial charge in [-0.15, -0.1) is 0 Å². The van der Waals surface area contributed by atoms with Crippen LogP contribution in [0.5, 0.6) is 17.2 Å². The number of nitrogens with one attached hydrogen (secondary N) is 2. The lowest BCUT2D eigenvalue weighted by Crippen LogP contribution is -2.24. The van der Waals surface area contributed by atoms with Gasteiger partial charge in [0.05, 0.1) is 27.5 Å². The minimum Gasteiger partial charge on any atom is -0.497 e. The molecule has 0 aliphatic carbocycles. The fourth-order valence-electron chi connectivity index (χ4n) is 2.25. The molecular formula is C19H21N3O5. The molecule has 8 nitrogen and oxygen atoms in total. The molecule has 0 saturated heterocycles. The first-order valence-corrected chi connectivity index (χ1v) is 8.04. The number of ether oxygens (including phenoxy) is 3. The summed E-state index contributed by atoms with van der Waals surface area (Å²) < 4.78 is 15.5. The van der Waals surface area contributed by atoms with E-state index in [0.29, 0.717) is 28.5 Å². The molecule has 0 spiro atoms. The highest BCUT2D eigenvalue weighted by molar-refractivity contribution is 6.03. The topological polar surface area (TPSA) is 98.2 Å². The third-order valence-corrected chi connectivity index (χ3v) is 3.52. The van der Waals surface area contributed by atoms with E-state index in [2.05, 4.69) is 15.8 Å². The Balaban J connectivity index is 1.88. The van der Waals surface area contributed by atoms with E-state index in [-0.39, 0.29) is 6.42 Å². The highest BCUT2D eigenvalue weighted by Crippen LogP contribution is 2.29. The number of anilines is 1. The molecule has 2 aromatic carbocycles. The lowest BCUT2D eigenvalue weighted by Gasteiger charge is -2.09. The number of amides is 2. The van der Waals surface area contributed by atoms with E-state index in [9.17, 15) is 9.59 Å². The number of para-hydroxylation sites is 1. The number of rotatable bonds is 8. The van der Waals surface area contributed by atoms with E-state index in [1.807, 2.05) is 0 Å². The van der Waals surface area contributed by atoms with Gasteiger partial charge in [-0.05, 0) is 36.4 Å². The first-order chi connectivity index (χ1) is 13.1. The molecule has 142 valence electrons. The van der Waals surface area contributed by atoms with Gasteiger partial charge in [-0.25, -0.2) is 5.43 Å². The van der Waals surface area contributed by atoms with Crippen LogP contribution < -0.4 is 25.0 Å². The maximum Gasteiger partial charge on any atom is 0.249 e. The predicted molar refractivity (Wildman–Crippen MR) is 102 cm³/mol. The second-order valence-corrected chi connectivity index (χ2v) is 5.33. The number of hydrogen-bond acceptors (Lipinski definition) is 6. The molecular weight excluding hydrogens is 350 g/mol. The van der Waals surface area contributed by atoms with Crippen LogP contribution in [0.25, 0.3) is 0 Å². The van der Waals surface area contributed by atoms with Crippen molar-refractivity contribution in [2.45, 2.75) is 6.42 Å². The predicted octanol–water partition coefficient (Wildman–Crippen LogP) is 2.19. The van der Waals surface area contributed by atoms with Gasteiger partial charge in [-0.1, -0.05) is 6.07 Å². The van der Waals surface area contributed by atoms with Crippen molar-refractivity contribution in [2.24, 2.45) is 5.10 Å². The molecule has 0 aliphatic heterocycles. The van der Waals surface area contributed by atoms with Crippen LogP contribution in [0.4, 0.5) is 5.69 Å². The van der Waals surface area contributed by atoms with Crippen LogP contribution in [0.1, 0.15) is 12.0 Å². The number of nitrogens with zero attached hydrogens (tertiary/aromatic N) is 1. The lowest BCUT2D eigenvalue weighted by atomic mass is 10.2. The van der Waals surface area contributed by atoms with Crippen LogP contribution in [-0.2, 0) is 9.59 Å². The average molecular weight is 371 g/mol. The standard InChI is InChI=1S/C19H21N3O5/c1-25-15-9-7-14(8-10-15)21-17(23)11-18(24)22-20-12-13-5-4-6-16(26-2)19(13)27-3/h4-10,12H,11H2,1-3H3,(H,21,23)(H,22,24). The van der Waals surface area contributed by atoms with Crippen LogP contribution in [-0.4, -0.2) is 39.4 Å². The van der Waals surface area contributed by atoms with Gasteiger partial charge < -0.3 is 19.5 Å². The van der Waals surface area contributed by atoms with Crippen molar-refractivity contribution in [1.29, 1.82) is 0 Å². The van der Waals surface area contributed by atoms with E-state index >= 15 is 0 Å². The fraction of sp³-hybridized carbons (Fsp3) is 0.211. The highest BCUT2D eigenvalue weighted by atomic mass is 16.5. The molecule has 0 heterocycles. The molecule has 2 aromatic rings. The summed E-state index contributed by atoms with van der Waals surface area (Å²) in [5.74, 6) is 0.723. The summed E-state index contributed by atoms with van der Waals surface area (Å²) in [5, 5.41) is 6.47. The average Bonchev–Trinajstić information content (AvgIpc) is 2.68. The summed E-state index contributed by atoms with van der Waals surface area (Å²) in [7, 11) is 4.60. The van der Waals surface area contributed by atoms with Crippen molar-refractivity contribution >= 4 is 23.7 Å². The molecule has 0 fully saturated rings. The summed E-state index contributed by atoms with van der Waals surface area (Å²) in [4.78, 5) is 23.8. The molecule has 0 bridgehead atoms. The van der Waals surface area contributed by atoms with Gasteiger partial charge in [0.25, 0.3) is 0 Å². The Hall–Kier alpha value is -3.55. The number of hydrogen-bond donors (Lipinski definition) is 2. The van der Waals surface area contributed by atoms with Gasteiger partial charge in [0, 0.05) is 11.3 Å². The highest BCUT2D eigenvalue weighted by Gasteiger charge is 2.10. The first kappa shape index (κ1) is 19.8. The molecule has 0 aromatic heterocycles. The molecule has 8 heteroatoms. The third-order valence-electron chi connectivity index (χ3n) is 3.52. The van der Waals surface area contributed by atoms with Crippen LogP contribution in [0.15, 0.2) is 47.6 Å².